The first kappa shape index (κ1) is 14.3. The van der Waals surface area contributed by atoms with Crippen LogP contribution in [0.2, 0.25) is 0 Å². The zero-order valence-electron chi connectivity index (χ0n) is 11.2. The molecule has 1 amide bonds. The van der Waals surface area contributed by atoms with Crippen LogP contribution in [0.1, 0.15) is 33.6 Å². The highest BCUT2D eigenvalue weighted by Crippen LogP contribution is 2.17. The van der Waals surface area contributed by atoms with Crippen LogP contribution in [0, 0.1) is 0 Å². The Balaban J connectivity index is 2.20. The number of β-amino-alcohol motifs (C(OH)–C–C–N with tert-alkyl or cyclic N) is 1. The molecule has 1 aliphatic heterocycles. The van der Waals surface area contributed by atoms with Gasteiger partial charge in [0.25, 0.3) is 0 Å². The van der Waals surface area contributed by atoms with Crippen molar-refractivity contribution in [3.63, 3.8) is 0 Å². The maximum atomic E-state index is 11.6. The summed E-state index contributed by atoms with van der Waals surface area (Å²) in [6.07, 6.45) is 1.19. The van der Waals surface area contributed by atoms with Crippen LogP contribution in [0.3, 0.4) is 0 Å². The minimum Gasteiger partial charge on any atom is -0.444 e. The molecule has 0 spiro atoms. The number of nitrogens with one attached hydrogen (secondary N) is 1. The van der Waals surface area contributed by atoms with E-state index in [1.807, 2.05) is 20.8 Å². The number of aliphatic hydroxyl groups is 1. The number of rotatable bonds is 4. The Labute approximate surface area is 103 Å². The molecular weight excluding hydrogens is 220 g/mol. The summed E-state index contributed by atoms with van der Waals surface area (Å²) in [6, 6.07) is 0. The third kappa shape index (κ3) is 4.91. The van der Waals surface area contributed by atoms with E-state index < -0.39 is 11.2 Å². The molecule has 0 bridgehead atoms. The van der Waals surface area contributed by atoms with Gasteiger partial charge in [-0.3, -0.25) is 0 Å². The van der Waals surface area contributed by atoms with E-state index in [2.05, 4.69) is 5.32 Å². The Kier molecular flexibility index (Phi) is 4.38. The van der Waals surface area contributed by atoms with Crippen molar-refractivity contribution in [2.45, 2.75) is 44.8 Å². The fraction of sp³-hybridized carbons (Fsp3) is 0.917. The van der Waals surface area contributed by atoms with Gasteiger partial charge in [-0.2, -0.15) is 0 Å². The highest BCUT2D eigenvalue weighted by molar-refractivity contribution is 5.67. The smallest absolute Gasteiger partial charge is 0.410 e. The van der Waals surface area contributed by atoms with Gasteiger partial charge in [-0.15, -0.1) is 0 Å². The van der Waals surface area contributed by atoms with E-state index in [4.69, 9.17) is 4.74 Å². The monoisotopic (exact) mass is 244 g/mol. The predicted octanol–water partition coefficient (Wildman–Crippen LogP) is 0.968. The third-order valence-corrected chi connectivity index (χ3v) is 2.75. The highest BCUT2D eigenvalue weighted by atomic mass is 16.6. The Morgan fingerprint density at radius 3 is 2.47 bits per heavy atom. The Hall–Kier alpha value is -0.810. The van der Waals surface area contributed by atoms with Crippen LogP contribution in [0.25, 0.3) is 0 Å². The Bertz CT molecular complexity index is 269. The van der Waals surface area contributed by atoms with Gasteiger partial charge in [0.05, 0.1) is 5.60 Å². The molecule has 0 aromatic heterocycles. The van der Waals surface area contributed by atoms with Crippen molar-refractivity contribution in [1.82, 2.24) is 10.2 Å². The second kappa shape index (κ2) is 5.23. The van der Waals surface area contributed by atoms with Crippen LogP contribution < -0.4 is 5.32 Å². The molecule has 5 nitrogen and oxygen atoms in total. The van der Waals surface area contributed by atoms with E-state index in [-0.39, 0.29) is 6.09 Å². The van der Waals surface area contributed by atoms with E-state index in [0.717, 1.165) is 6.42 Å². The molecule has 1 heterocycles. The zero-order chi connectivity index (χ0) is 13.1. The van der Waals surface area contributed by atoms with Crippen molar-refractivity contribution >= 4 is 6.09 Å². The van der Waals surface area contributed by atoms with Crippen LogP contribution in [-0.2, 0) is 4.74 Å². The molecule has 0 aromatic rings. The largest absolute Gasteiger partial charge is 0.444 e. The van der Waals surface area contributed by atoms with Crippen LogP contribution in [0.5, 0.6) is 0 Å². The molecule has 0 aliphatic carbocycles. The predicted molar refractivity (Wildman–Crippen MR) is 65.9 cm³/mol. The van der Waals surface area contributed by atoms with Crippen LogP contribution in [0.15, 0.2) is 0 Å². The van der Waals surface area contributed by atoms with Gasteiger partial charge < -0.3 is 20.1 Å². The van der Waals surface area contributed by atoms with Crippen molar-refractivity contribution in [3.8, 4) is 0 Å². The fourth-order valence-corrected chi connectivity index (χ4v) is 1.67. The van der Waals surface area contributed by atoms with Crippen LogP contribution in [-0.4, -0.2) is 54.0 Å². The molecule has 1 rings (SSSR count). The molecular formula is C12H24N2O3. The summed E-state index contributed by atoms with van der Waals surface area (Å²) in [5.74, 6) is 0. The summed E-state index contributed by atoms with van der Waals surface area (Å²) in [6.45, 7) is 7.47. The number of nitrogens with zero attached hydrogens (tertiary/aromatic N) is 1. The quantitative estimate of drug-likeness (QED) is 0.773. The molecule has 0 unspecified atom stereocenters. The Morgan fingerprint density at radius 1 is 1.47 bits per heavy atom. The van der Waals surface area contributed by atoms with Gasteiger partial charge in [-0.1, -0.05) is 0 Å². The zero-order valence-corrected chi connectivity index (χ0v) is 11.2. The van der Waals surface area contributed by atoms with E-state index in [9.17, 15) is 9.90 Å². The van der Waals surface area contributed by atoms with Crippen molar-refractivity contribution in [2.24, 2.45) is 0 Å². The van der Waals surface area contributed by atoms with Crippen LogP contribution in [0.4, 0.5) is 4.79 Å². The van der Waals surface area contributed by atoms with Gasteiger partial charge >= 0.3 is 6.09 Å². The molecule has 0 aromatic carbocycles. The van der Waals surface area contributed by atoms with Crippen molar-refractivity contribution in [1.29, 1.82) is 0 Å². The molecule has 2 N–H and O–H groups in total. The van der Waals surface area contributed by atoms with E-state index in [1.54, 1.807) is 11.9 Å². The number of ether oxygens (including phenoxy) is 1. The lowest BCUT2D eigenvalue weighted by Gasteiger charge is -2.38. The first-order valence-electron chi connectivity index (χ1n) is 6.09. The van der Waals surface area contributed by atoms with Gasteiger partial charge in [0.2, 0.25) is 0 Å². The highest BCUT2D eigenvalue weighted by Gasteiger charge is 2.33. The average molecular weight is 244 g/mol. The van der Waals surface area contributed by atoms with Gasteiger partial charge in [0, 0.05) is 26.7 Å². The summed E-state index contributed by atoms with van der Waals surface area (Å²) in [5.41, 5.74) is -1.02. The summed E-state index contributed by atoms with van der Waals surface area (Å²) in [4.78, 5) is 13.2. The normalized spacial score (nSPS) is 18.4. The molecule has 1 saturated heterocycles. The first-order chi connectivity index (χ1) is 7.72. The lowest BCUT2D eigenvalue weighted by molar-refractivity contribution is -0.0212. The molecule has 100 valence electrons. The minimum atomic E-state index is -0.561. The SMILES string of the molecule is CN(CCCC1(O)CNC1)C(=O)OC(C)(C)C. The number of carbonyl (C=O) groups excluding carboxylic acids is 1. The minimum absolute atomic E-state index is 0.309. The second-order valence-electron chi connectivity index (χ2n) is 5.83. The summed E-state index contributed by atoms with van der Waals surface area (Å²) in [5, 5.41) is 12.9. The van der Waals surface area contributed by atoms with E-state index in [1.165, 1.54) is 0 Å². The average Bonchev–Trinajstić information content (AvgIpc) is 2.12. The van der Waals surface area contributed by atoms with Crippen molar-refractivity contribution in [2.75, 3.05) is 26.7 Å². The second-order valence-corrected chi connectivity index (χ2v) is 5.83. The van der Waals surface area contributed by atoms with E-state index in [0.29, 0.717) is 26.1 Å². The van der Waals surface area contributed by atoms with Gasteiger partial charge in [-0.25, -0.2) is 4.79 Å². The van der Waals surface area contributed by atoms with Crippen LogP contribution >= 0.6 is 0 Å². The lowest BCUT2D eigenvalue weighted by Crippen LogP contribution is -2.59. The molecule has 0 atom stereocenters. The van der Waals surface area contributed by atoms with Gasteiger partial charge in [-0.05, 0) is 33.6 Å². The number of hydrogen-bond donors (Lipinski definition) is 2. The van der Waals surface area contributed by atoms with Crippen molar-refractivity contribution in [3.05, 3.63) is 0 Å². The molecule has 1 aliphatic rings. The summed E-state index contributed by atoms with van der Waals surface area (Å²) >= 11 is 0. The lowest BCUT2D eigenvalue weighted by atomic mass is 9.91. The van der Waals surface area contributed by atoms with Gasteiger partial charge in [0.1, 0.15) is 5.60 Å². The molecule has 5 heteroatoms. The summed E-state index contributed by atoms with van der Waals surface area (Å²) in [7, 11) is 1.72. The maximum Gasteiger partial charge on any atom is 0.410 e. The number of hydrogen-bond acceptors (Lipinski definition) is 4. The fourth-order valence-electron chi connectivity index (χ4n) is 1.67. The number of amides is 1. The number of carbonyl (C=O) groups is 1. The molecule has 0 radical (unpaired) electrons. The first-order valence-corrected chi connectivity index (χ1v) is 6.09. The standard InChI is InChI=1S/C12H24N2O3/c1-11(2,3)17-10(15)14(4)7-5-6-12(16)8-13-9-12/h13,16H,5-9H2,1-4H3. The van der Waals surface area contributed by atoms with Gasteiger partial charge in [0.15, 0.2) is 0 Å². The van der Waals surface area contributed by atoms with Crippen molar-refractivity contribution < 1.29 is 14.6 Å². The Morgan fingerprint density at radius 2 is 2.06 bits per heavy atom. The molecule has 17 heavy (non-hydrogen) atoms. The molecule has 1 fully saturated rings. The maximum absolute atomic E-state index is 11.6. The van der Waals surface area contributed by atoms with E-state index >= 15 is 0 Å². The third-order valence-electron chi connectivity index (χ3n) is 2.75. The molecule has 0 saturated carbocycles. The summed E-state index contributed by atoms with van der Waals surface area (Å²) < 4.78 is 5.23. The topological polar surface area (TPSA) is 61.8 Å².